The van der Waals surface area contributed by atoms with Crippen LogP contribution in [-0.4, -0.2) is 0 Å². The van der Waals surface area contributed by atoms with Gasteiger partial charge in [-0.2, -0.15) is 0 Å². The molecule has 2 nitrogen and oxygen atoms in total. The zero-order chi connectivity index (χ0) is 26.2. The van der Waals surface area contributed by atoms with E-state index in [0.29, 0.717) is 17.1 Å². The highest BCUT2D eigenvalue weighted by molar-refractivity contribution is 6.13. The Labute approximate surface area is 218 Å². The van der Waals surface area contributed by atoms with Gasteiger partial charge in [0, 0.05) is 22.4 Å². The number of halogens is 1. The second-order valence-electron chi connectivity index (χ2n) is 12.1. The summed E-state index contributed by atoms with van der Waals surface area (Å²) >= 11 is 0. The van der Waals surface area contributed by atoms with Crippen LogP contribution < -0.4 is 4.57 Å². The van der Waals surface area contributed by atoms with Crippen LogP contribution in [0.4, 0.5) is 4.39 Å². The molecule has 2 heterocycles. The molecule has 2 aromatic heterocycles. The Bertz CT molecular complexity index is 1720. The number of rotatable bonds is 3. The minimum atomic E-state index is -0.245. The predicted molar refractivity (Wildman–Crippen MR) is 150 cm³/mol. The minimum Gasteiger partial charge on any atom is -0.454 e. The second-order valence-corrected chi connectivity index (χ2v) is 12.1. The van der Waals surface area contributed by atoms with Gasteiger partial charge in [0.25, 0.3) is 0 Å². The number of fused-ring (bicyclic) bond motifs is 4. The molecule has 5 aromatic rings. The topological polar surface area (TPSA) is 17.0 Å². The van der Waals surface area contributed by atoms with Crippen molar-refractivity contribution in [2.45, 2.75) is 60.3 Å². The van der Waals surface area contributed by atoms with Gasteiger partial charge in [-0.05, 0) is 78.0 Å². The van der Waals surface area contributed by atoms with E-state index in [-0.39, 0.29) is 11.2 Å². The number of aryl methyl sites for hydroxylation is 3. The number of benzene rings is 3. The van der Waals surface area contributed by atoms with Gasteiger partial charge in [-0.25, -0.2) is 8.96 Å². The van der Waals surface area contributed by atoms with Crippen molar-refractivity contribution in [3.8, 4) is 22.4 Å². The van der Waals surface area contributed by atoms with Crippen LogP contribution in [0.1, 0.15) is 61.4 Å². The zero-order valence-electron chi connectivity index (χ0n) is 22.9. The highest BCUT2D eigenvalue weighted by atomic mass is 19.1. The summed E-state index contributed by atoms with van der Waals surface area (Å²) in [6.45, 7) is 13.3. The monoisotopic (exact) mass is 492 g/mol. The van der Waals surface area contributed by atoms with Gasteiger partial charge < -0.3 is 4.42 Å². The summed E-state index contributed by atoms with van der Waals surface area (Å²) in [5.41, 5.74) is 11.7. The summed E-state index contributed by atoms with van der Waals surface area (Å²) < 4.78 is 24.4. The van der Waals surface area contributed by atoms with Crippen LogP contribution in [0.3, 0.4) is 0 Å². The molecule has 1 aliphatic rings. The van der Waals surface area contributed by atoms with E-state index in [1.165, 1.54) is 22.3 Å². The first-order chi connectivity index (χ1) is 17.5. The molecule has 0 spiro atoms. The van der Waals surface area contributed by atoms with Crippen LogP contribution in [0.15, 0.2) is 59.1 Å². The van der Waals surface area contributed by atoms with Crippen molar-refractivity contribution < 1.29 is 13.4 Å². The quantitative estimate of drug-likeness (QED) is 0.230. The fraction of sp³-hybridized carbons (Fsp3) is 0.324. The summed E-state index contributed by atoms with van der Waals surface area (Å²) in [5, 5.41) is 1.97. The van der Waals surface area contributed by atoms with Crippen LogP contribution in [0, 0.1) is 25.1 Å². The first kappa shape index (κ1) is 23.9. The molecule has 0 amide bonds. The molecule has 0 unspecified atom stereocenters. The molecule has 188 valence electrons. The third-order valence-corrected chi connectivity index (χ3v) is 8.19. The third-order valence-electron chi connectivity index (χ3n) is 8.19. The Morgan fingerprint density at radius 3 is 2.24 bits per heavy atom. The van der Waals surface area contributed by atoms with E-state index < -0.39 is 0 Å². The Morgan fingerprint density at radius 2 is 1.51 bits per heavy atom. The maximum absolute atomic E-state index is 15.5. The fourth-order valence-corrected chi connectivity index (χ4v) is 6.45. The van der Waals surface area contributed by atoms with Crippen molar-refractivity contribution in [1.29, 1.82) is 0 Å². The van der Waals surface area contributed by atoms with Crippen molar-refractivity contribution in [1.82, 2.24) is 0 Å². The van der Waals surface area contributed by atoms with Crippen molar-refractivity contribution in [3.05, 3.63) is 88.4 Å². The molecule has 0 saturated carbocycles. The molecule has 0 bridgehead atoms. The molecule has 0 atom stereocenters. The van der Waals surface area contributed by atoms with E-state index >= 15 is 4.39 Å². The Morgan fingerprint density at radius 1 is 0.838 bits per heavy atom. The third kappa shape index (κ3) is 3.79. The van der Waals surface area contributed by atoms with E-state index in [2.05, 4.69) is 95.8 Å². The molecule has 37 heavy (non-hydrogen) atoms. The summed E-state index contributed by atoms with van der Waals surface area (Å²) in [6.07, 6.45) is 4.27. The average Bonchev–Trinajstić information content (AvgIpc) is 3.34. The molecule has 1 aliphatic carbocycles. The largest absolute Gasteiger partial charge is 0.454 e. The molecule has 6 rings (SSSR count). The highest BCUT2D eigenvalue weighted by Crippen LogP contribution is 2.44. The van der Waals surface area contributed by atoms with E-state index in [9.17, 15) is 0 Å². The molecule has 0 radical (unpaired) electrons. The van der Waals surface area contributed by atoms with Crippen molar-refractivity contribution in [2.24, 2.45) is 12.5 Å². The van der Waals surface area contributed by atoms with Gasteiger partial charge in [0.2, 0.25) is 5.69 Å². The first-order valence-electron chi connectivity index (χ1n) is 13.3. The maximum atomic E-state index is 15.5. The van der Waals surface area contributed by atoms with Crippen molar-refractivity contribution in [3.63, 3.8) is 0 Å². The van der Waals surface area contributed by atoms with Crippen LogP contribution >= 0.6 is 0 Å². The van der Waals surface area contributed by atoms with E-state index in [1.807, 2.05) is 6.07 Å². The molecule has 0 aliphatic heterocycles. The molecule has 0 saturated heterocycles. The second kappa shape index (κ2) is 8.28. The van der Waals surface area contributed by atoms with Gasteiger partial charge in [0.1, 0.15) is 24.0 Å². The van der Waals surface area contributed by atoms with Gasteiger partial charge in [0.15, 0.2) is 6.20 Å². The van der Waals surface area contributed by atoms with Gasteiger partial charge in [-0.15, -0.1) is 0 Å². The standard InChI is InChI=1S/C34H35FNO/c1-19(2)27-15-29(36(7)18-21(27)4)30-20(3)8-11-25-26-12-13-28(35)31(33(26)37-32(25)30)22-9-10-23-16-34(5,6)17-24(23)14-22/h8-15,18-19H,16-17H2,1-7H3/q+1. The number of aromatic nitrogens is 1. The van der Waals surface area contributed by atoms with E-state index in [1.54, 1.807) is 6.07 Å². The lowest BCUT2D eigenvalue weighted by Crippen LogP contribution is -2.32. The number of hydrogen-bond acceptors (Lipinski definition) is 1. The van der Waals surface area contributed by atoms with Gasteiger partial charge in [-0.1, -0.05) is 58.0 Å². The molecular formula is C34H35FNO+. The Hall–Kier alpha value is -3.46. The van der Waals surface area contributed by atoms with Gasteiger partial charge >= 0.3 is 0 Å². The zero-order valence-corrected chi connectivity index (χ0v) is 22.9. The number of hydrogen-bond donors (Lipinski definition) is 0. The predicted octanol–water partition coefficient (Wildman–Crippen LogP) is 8.75. The molecule has 0 fully saturated rings. The Balaban J connectivity index is 1.62. The smallest absolute Gasteiger partial charge is 0.216 e. The Kier molecular flexibility index (Phi) is 5.35. The summed E-state index contributed by atoms with van der Waals surface area (Å²) in [5.74, 6) is 0.172. The van der Waals surface area contributed by atoms with E-state index in [4.69, 9.17) is 4.42 Å². The lowest BCUT2D eigenvalue weighted by molar-refractivity contribution is -0.660. The minimum absolute atomic E-state index is 0.245. The molecule has 3 aromatic carbocycles. The lowest BCUT2D eigenvalue weighted by atomic mass is 9.90. The highest BCUT2D eigenvalue weighted by Gasteiger charge is 2.29. The molecular weight excluding hydrogens is 457 g/mol. The van der Waals surface area contributed by atoms with E-state index in [0.717, 1.165) is 51.6 Å². The van der Waals surface area contributed by atoms with Crippen LogP contribution in [0.25, 0.3) is 44.3 Å². The maximum Gasteiger partial charge on any atom is 0.216 e. The lowest BCUT2D eigenvalue weighted by Gasteiger charge is -2.14. The normalized spacial score (nSPS) is 14.7. The van der Waals surface area contributed by atoms with Gasteiger partial charge in [0.05, 0.1) is 11.1 Å². The van der Waals surface area contributed by atoms with Crippen LogP contribution in [0.5, 0.6) is 0 Å². The van der Waals surface area contributed by atoms with Crippen molar-refractivity contribution >= 4 is 21.9 Å². The van der Waals surface area contributed by atoms with Crippen LogP contribution in [-0.2, 0) is 19.9 Å². The van der Waals surface area contributed by atoms with Crippen LogP contribution in [0.2, 0.25) is 0 Å². The van der Waals surface area contributed by atoms with Gasteiger partial charge in [-0.3, -0.25) is 0 Å². The SMILES string of the molecule is Cc1c[n+](C)c(-c2c(C)ccc3c2oc2c(-c4ccc5c(c4)CC(C)(C)C5)c(F)ccc23)cc1C(C)C. The number of pyridine rings is 1. The van der Waals surface area contributed by atoms with Crippen molar-refractivity contribution in [2.75, 3.05) is 0 Å². The molecule has 0 N–H and O–H groups in total. The average molecular weight is 493 g/mol. The number of furan rings is 1. The fourth-order valence-electron chi connectivity index (χ4n) is 6.45. The summed E-state index contributed by atoms with van der Waals surface area (Å²) in [6, 6.07) is 16.4. The first-order valence-corrected chi connectivity index (χ1v) is 13.3. The number of nitrogens with zero attached hydrogens (tertiary/aromatic N) is 1. The molecule has 3 heteroatoms. The summed E-state index contributed by atoms with van der Waals surface area (Å²) in [4.78, 5) is 0. The summed E-state index contributed by atoms with van der Waals surface area (Å²) in [7, 11) is 2.09.